The quantitative estimate of drug-likeness (QED) is 0.643. The minimum atomic E-state index is -1.31. The summed E-state index contributed by atoms with van der Waals surface area (Å²) in [5, 5.41) is 1.28. The fraction of sp³-hybridized carbons (Fsp3) is 0.312. The van der Waals surface area contributed by atoms with E-state index in [0.717, 1.165) is 21.1 Å². The van der Waals surface area contributed by atoms with Gasteiger partial charge in [0.2, 0.25) is 0 Å². The van der Waals surface area contributed by atoms with E-state index in [1.165, 1.54) is 10.9 Å². The number of carbonyl (C=O) groups excluding carboxylic acids is 3. The number of hydrogen-bond acceptors (Lipinski definition) is 6. The first-order chi connectivity index (χ1) is 10.9. The van der Waals surface area contributed by atoms with E-state index in [-0.39, 0.29) is 0 Å². The number of methoxy groups -OCH3 is 2. The predicted octanol–water partition coefficient (Wildman–Crippen LogP) is 1.03. The topological polar surface area (TPSA) is 111 Å². The lowest BCUT2D eigenvalue weighted by molar-refractivity contribution is -0.156. The second-order valence-electron chi connectivity index (χ2n) is 4.73. The molecule has 0 aliphatic rings. The molecule has 0 spiro atoms. The van der Waals surface area contributed by atoms with Crippen molar-refractivity contribution in [2.75, 3.05) is 14.2 Å². The van der Waals surface area contributed by atoms with Gasteiger partial charge in [-0.3, -0.25) is 14.4 Å². The van der Waals surface area contributed by atoms with Gasteiger partial charge in [0.1, 0.15) is 17.7 Å². The number of hydrogen-bond donors (Lipinski definition) is 2. The maximum Gasteiger partial charge on any atom is 0.324 e. The molecule has 0 bridgehead atoms. The highest BCUT2D eigenvalue weighted by Gasteiger charge is 2.36. The van der Waals surface area contributed by atoms with Gasteiger partial charge in [0.25, 0.3) is 0 Å². The van der Waals surface area contributed by atoms with Crippen molar-refractivity contribution >= 4 is 28.6 Å². The van der Waals surface area contributed by atoms with Gasteiger partial charge in [0.05, 0.1) is 14.2 Å². The zero-order valence-electron chi connectivity index (χ0n) is 13.2. The number of H-pyrrole nitrogens is 1. The third kappa shape index (κ3) is 4.93. The Balaban J connectivity index is 0.000000248. The van der Waals surface area contributed by atoms with E-state index in [0.29, 0.717) is 0 Å². The van der Waals surface area contributed by atoms with Crippen LogP contribution in [0.15, 0.2) is 36.5 Å². The second-order valence-corrected chi connectivity index (χ2v) is 4.73. The lowest BCUT2D eigenvalue weighted by Gasteiger charge is -2.16. The van der Waals surface area contributed by atoms with Gasteiger partial charge in [-0.15, -0.1) is 0 Å². The predicted molar refractivity (Wildman–Crippen MR) is 84.5 cm³/mol. The number of benzene rings is 1. The van der Waals surface area contributed by atoms with Crippen LogP contribution in [0.3, 0.4) is 0 Å². The van der Waals surface area contributed by atoms with Gasteiger partial charge in [-0.05, 0) is 24.4 Å². The van der Waals surface area contributed by atoms with Crippen LogP contribution in [0.2, 0.25) is 0 Å². The first kappa shape index (κ1) is 18.4. The summed E-state index contributed by atoms with van der Waals surface area (Å²) < 4.78 is 8.66. The Labute approximate surface area is 133 Å². The molecule has 1 aromatic heterocycles. The van der Waals surface area contributed by atoms with Crippen molar-refractivity contribution in [3.63, 3.8) is 0 Å². The Morgan fingerprint density at radius 3 is 2.17 bits per heavy atom. The molecule has 1 aromatic carbocycles. The van der Waals surface area contributed by atoms with E-state index in [1.807, 2.05) is 18.3 Å². The molecule has 2 rings (SSSR count). The largest absolute Gasteiger partial charge is 0.468 e. The number of ketones is 1. The molecule has 0 radical (unpaired) electrons. The number of esters is 2. The van der Waals surface area contributed by atoms with Crippen LogP contribution < -0.4 is 5.73 Å². The van der Waals surface area contributed by atoms with Crippen LogP contribution in [0, 0.1) is 5.92 Å². The molecule has 7 nitrogen and oxygen atoms in total. The highest BCUT2D eigenvalue weighted by Crippen LogP contribution is 2.09. The van der Waals surface area contributed by atoms with Crippen LogP contribution in [0.4, 0.5) is 0 Å². The molecular formula is C16H20N2O5. The number of rotatable bonds is 4. The molecular weight excluding hydrogens is 300 g/mol. The van der Waals surface area contributed by atoms with E-state index in [1.54, 1.807) is 0 Å². The zero-order chi connectivity index (χ0) is 17.4. The second kappa shape index (κ2) is 8.70. The van der Waals surface area contributed by atoms with Gasteiger partial charge in [-0.1, -0.05) is 18.2 Å². The molecule has 3 N–H and O–H groups in total. The molecule has 0 aliphatic carbocycles. The van der Waals surface area contributed by atoms with E-state index in [2.05, 4.69) is 32.7 Å². The minimum absolute atomic E-state index is 0.533. The molecule has 1 unspecified atom stereocenters. The van der Waals surface area contributed by atoms with E-state index in [4.69, 9.17) is 5.73 Å². The summed E-state index contributed by atoms with van der Waals surface area (Å²) in [5.41, 5.74) is 6.56. The summed E-state index contributed by atoms with van der Waals surface area (Å²) in [7, 11) is 2.24. The number of nitrogens with two attached hydrogens (primary N) is 1. The van der Waals surface area contributed by atoms with Crippen LogP contribution in [0.25, 0.3) is 10.9 Å². The summed E-state index contributed by atoms with van der Waals surface area (Å²) in [5.74, 6) is -3.49. The van der Waals surface area contributed by atoms with Gasteiger partial charge in [0.15, 0.2) is 0 Å². The molecule has 2 atom stereocenters. The van der Waals surface area contributed by atoms with Crippen molar-refractivity contribution in [2.45, 2.75) is 13.0 Å². The van der Waals surface area contributed by atoms with Crippen molar-refractivity contribution in [1.82, 2.24) is 4.98 Å². The monoisotopic (exact) mass is 320 g/mol. The summed E-state index contributed by atoms with van der Waals surface area (Å²) >= 11 is 0. The molecule has 23 heavy (non-hydrogen) atoms. The van der Waals surface area contributed by atoms with E-state index < -0.39 is 29.7 Å². The van der Waals surface area contributed by atoms with Crippen LogP contribution in [-0.2, 0) is 23.9 Å². The smallest absolute Gasteiger partial charge is 0.324 e. The zero-order valence-corrected chi connectivity index (χ0v) is 13.2. The Bertz CT molecular complexity index is 650. The van der Waals surface area contributed by atoms with Crippen molar-refractivity contribution < 1.29 is 23.9 Å². The minimum Gasteiger partial charge on any atom is -0.468 e. The Kier molecular flexibility index (Phi) is 6.95. The SMILES string of the molecule is COC(=O)C(C(C)=O)[C@H](N)C(=O)OC.c1ccc2[nH]ccc2c1. The maximum atomic E-state index is 11.1. The number of fused-ring (bicyclic) bond motifs is 1. The van der Waals surface area contributed by atoms with Crippen LogP contribution in [-0.4, -0.2) is 43.0 Å². The third-order valence-corrected chi connectivity index (χ3v) is 3.19. The van der Waals surface area contributed by atoms with Gasteiger partial charge in [0, 0.05) is 11.7 Å². The van der Waals surface area contributed by atoms with Gasteiger partial charge < -0.3 is 20.2 Å². The number of para-hydroxylation sites is 1. The molecule has 2 aromatic rings. The molecule has 0 aliphatic heterocycles. The first-order valence-corrected chi connectivity index (χ1v) is 6.86. The average molecular weight is 320 g/mol. The van der Waals surface area contributed by atoms with Crippen LogP contribution >= 0.6 is 0 Å². The van der Waals surface area contributed by atoms with Crippen molar-refractivity contribution in [3.05, 3.63) is 36.5 Å². The standard InChI is InChI=1S/C8H13NO5.C8H7N/c1-4(10)5(7(11)13-2)6(9)8(12)14-3;1-2-4-8-7(3-1)5-6-9-8/h5-6H,9H2,1-3H3;1-6,9H/t5?,6-;/m0./s1. The number of nitrogens with one attached hydrogen (secondary N) is 1. The average Bonchev–Trinajstić information content (AvgIpc) is 3.02. The van der Waals surface area contributed by atoms with Crippen LogP contribution in [0.5, 0.6) is 0 Å². The molecule has 1 heterocycles. The molecule has 0 fully saturated rings. The number of Topliss-reactive ketones (excluding diaryl/α,β-unsaturated/α-hetero) is 1. The van der Waals surface area contributed by atoms with Gasteiger partial charge in [-0.2, -0.15) is 0 Å². The fourth-order valence-corrected chi connectivity index (χ4v) is 1.96. The lowest BCUT2D eigenvalue weighted by Crippen LogP contribution is -2.46. The lowest BCUT2D eigenvalue weighted by atomic mass is 9.97. The van der Waals surface area contributed by atoms with Crippen LogP contribution in [0.1, 0.15) is 6.92 Å². The Morgan fingerprint density at radius 2 is 1.65 bits per heavy atom. The molecule has 7 heteroatoms. The Hall–Kier alpha value is -2.67. The highest BCUT2D eigenvalue weighted by molar-refractivity contribution is 6.02. The number of carbonyl (C=O) groups is 3. The number of ether oxygens (including phenoxy) is 2. The van der Waals surface area contributed by atoms with Gasteiger partial charge in [-0.25, -0.2) is 0 Å². The highest BCUT2D eigenvalue weighted by atomic mass is 16.5. The number of aromatic amines is 1. The summed E-state index contributed by atoms with van der Waals surface area (Å²) in [6.07, 6.45) is 1.95. The summed E-state index contributed by atoms with van der Waals surface area (Å²) in [6.45, 7) is 1.16. The molecule has 0 saturated carbocycles. The van der Waals surface area contributed by atoms with E-state index in [9.17, 15) is 14.4 Å². The first-order valence-electron chi connectivity index (χ1n) is 6.86. The molecule has 0 saturated heterocycles. The Morgan fingerprint density at radius 1 is 1.04 bits per heavy atom. The van der Waals surface area contributed by atoms with Crippen molar-refractivity contribution in [3.8, 4) is 0 Å². The van der Waals surface area contributed by atoms with Gasteiger partial charge >= 0.3 is 11.9 Å². The molecule has 124 valence electrons. The normalized spacial score (nSPS) is 12.5. The maximum absolute atomic E-state index is 11.1. The van der Waals surface area contributed by atoms with Crippen molar-refractivity contribution in [1.29, 1.82) is 0 Å². The third-order valence-electron chi connectivity index (χ3n) is 3.19. The van der Waals surface area contributed by atoms with Crippen molar-refractivity contribution in [2.24, 2.45) is 11.7 Å². The summed E-state index contributed by atoms with van der Waals surface area (Å²) in [6, 6.07) is 8.97. The summed E-state index contributed by atoms with van der Waals surface area (Å²) in [4.78, 5) is 36.2. The fourth-order valence-electron chi connectivity index (χ4n) is 1.96. The van der Waals surface area contributed by atoms with E-state index >= 15 is 0 Å². The number of aromatic nitrogens is 1. The molecule has 0 amide bonds.